The fraction of sp³-hybridized carbons (Fsp3) is 0.182. The molecule has 0 bridgehead atoms. The van der Waals surface area contributed by atoms with Crippen molar-refractivity contribution in [2.45, 2.75) is 19.9 Å². The van der Waals surface area contributed by atoms with Crippen LogP contribution in [-0.2, 0) is 17.7 Å². The fourth-order valence-electron chi connectivity index (χ4n) is 5.11. The number of rotatable bonds is 8. The molecule has 0 aliphatic heterocycles. The first-order valence-electron chi connectivity index (χ1n) is 13.1. The molecule has 0 aliphatic carbocycles. The number of hydrogen-bond acceptors (Lipinski definition) is 7. The van der Waals surface area contributed by atoms with Crippen LogP contribution < -0.4 is 20.8 Å². The molecule has 0 aliphatic rings. The summed E-state index contributed by atoms with van der Waals surface area (Å²) in [6.45, 7) is 2.24. The third-order valence-corrected chi connectivity index (χ3v) is 7.21. The molecule has 2 heterocycles. The second kappa shape index (κ2) is 11.7. The number of benzene rings is 3. The van der Waals surface area contributed by atoms with Crippen LogP contribution in [0.1, 0.15) is 32.9 Å². The van der Waals surface area contributed by atoms with Crippen LogP contribution in [0.3, 0.4) is 0 Å². The Bertz CT molecular complexity index is 1770. The molecule has 8 nitrogen and oxygen atoms in total. The third-order valence-electron chi connectivity index (χ3n) is 7.21. The number of nitrogens with two attached hydrogens (primary N) is 1. The number of methoxy groups -OCH3 is 3. The van der Waals surface area contributed by atoms with Gasteiger partial charge in [0, 0.05) is 47.1 Å². The Labute approximate surface area is 237 Å². The van der Waals surface area contributed by atoms with Gasteiger partial charge in [0.2, 0.25) is 0 Å². The zero-order valence-corrected chi connectivity index (χ0v) is 23.4. The van der Waals surface area contributed by atoms with Gasteiger partial charge in [-0.05, 0) is 71.5 Å². The lowest BCUT2D eigenvalue weighted by Gasteiger charge is -2.21. The average molecular weight is 550 g/mol. The van der Waals surface area contributed by atoms with E-state index >= 15 is 0 Å². The van der Waals surface area contributed by atoms with Crippen LogP contribution in [0.5, 0.6) is 11.5 Å². The van der Waals surface area contributed by atoms with Crippen molar-refractivity contribution in [3.05, 3.63) is 117 Å². The minimum Gasteiger partial charge on any atom is -0.496 e. The highest BCUT2D eigenvalue weighted by molar-refractivity contribution is 6.07. The fourth-order valence-corrected chi connectivity index (χ4v) is 5.11. The lowest BCUT2D eigenvalue weighted by atomic mass is 9.93. The third kappa shape index (κ3) is 5.17. The molecule has 208 valence electrons. The van der Waals surface area contributed by atoms with Gasteiger partial charge in [-0.2, -0.15) is 0 Å². The standard InChI is InChI=1S/C33H31N3O5/c1-20-28(39-2)17-23(18-29(20)40-3)30-26-13-10-22(15-24-7-5-6-14-35-24)16-27(26)32(37)36(31(30)33(38)41-4)25-11-8-21(19-34)9-12-25/h5-14,16-18H,15,19,34H2,1-4H3. The normalized spacial score (nSPS) is 11.0. The number of hydrogen-bond donors (Lipinski definition) is 1. The minimum atomic E-state index is -0.655. The Balaban J connectivity index is 1.90. The number of carbonyl (C=O) groups excluding carboxylic acids is 1. The van der Waals surface area contributed by atoms with Crippen LogP contribution in [0, 0.1) is 6.92 Å². The quantitative estimate of drug-likeness (QED) is 0.265. The lowest BCUT2D eigenvalue weighted by Crippen LogP contribution is -2.27. The van der Waals surface area contributed by atoms with Crippen LogP contribution in [0.15, 0.2) is 83.8 Å². The molecule has 0 unspecified atom stereocenters. The summed E-state index contributed by atoms with van der Waals surface area (Å²) in [7, 11) is 4.46. The van der Waals surface area contributed by atoms with E-state index in [0.717, 1.165) is 22.4 Å². The van der Waals surface area contributed by atoms with Crippen molar-refractivity contribution in [2.24, 2.45) is 5.73 Å². The van der Waals surface area contributed by atoms with E-state index in [1.807, 2.05) is 67.6 Å². The van der Waals surface area contributed by atoms with Crippen LogP contribution in [0.2, 0.25) is 0 Å². The predicted octanol–water partition coefficient (Wildman–Crippen LogP) is 5.21. The van der Waals surface area contributed by atoms with Gasteiger partial charge in [0.05, 0.1) is 21.3 Å². The van der Waals surface area contributed by atoms with E-state index in [9.17, 15) is 9.59 Å². The zero-order valence-electron chi connectivity index (χ0n) is 23.4. The molecule has 2 N–H and O–H groups in total. The number of pyridine rings is 2. The predicted molar refractivity (Wildman–Crippen MR) is 159 cm³/mol. The van der Waals surface area contributed by atoms with Crippen LogP contribution in [0.4, 0.5) is 0 Å². The van der Waals surface area contributed by atoms with Gasteiger partial charge in [0.1, 0.15) is 17.2 Å². The first-order valence-corrected chi connectivity index (χ1v) is 13.1. The second-order valence-electron chi connectivity index (χ2n) is 9.61. The summed E-state index contributed by atoms with van der Waals surface area (Å²) in [4.78, 5) is 32.2. The highest BCUT2D eigenvalue weighted by Crippen LogP contribution is 2.39. The van der Waals surface area contributed by atoms with Crippen molar-refractivity contribution in [1.82, 2.24) is 9.55 Å². The maximum absolute atomic E-state index is 14.3. The van der Waals surface area contributed by atoms with Crippen LogP contribution in [-0.4, -0.2) is 36.8 Å². The van der Waals surface area contributed by atoms with Gasteiger partial charge in [-0.25, -0.2) is 4.79 Å². The van der Waals surface area contributed by atoms with Crippen molar-refractivity contribution >= 4 is 16.7 Å². The SMILES string of the molecule is COC(=O)c1c(-c2cc(OC)c(C)c(OC)c2)c2ccc(Cc3ccccn3)cc2c(=O)n1-c1ccc(CN)cc1. The van der Waals surface area contributed by atoms with E-state index in [1.165, 1.54) is 11.7 Å². The van der Waals surface area contributed by atoms with Gasteiger partial charge >= 0.3 is 5.97 Å². The van der Waals surface area contributed by atoms with Crippen molar-refractivity contribution in [3.63, 3.8) is 0 Å². The van der Waals surface area contributed by atoms with Gasteiger partial charge in [0.15, 0.2) is 0 Å². The van der Waals surface area contributed by atoms with Gasteiger partial charge in [-0.3, -0.25) is 14.3 Å². The first-order chi connectivity index (χ1) is 19.9. The smallest absolute Gasteiger partial charge is 0.355 e. The summed E-state index contributed by atoms with van der Waals surface area (Å²) in [5.41, 5.74) is 10.7. The molecule has 8 heteroatoms. The van der Waals surface area contributed by atoms with Crippen molar-refractivity contribution in [1.29, 1.82) is 0 Å². The Hall–Kier alpha value is -4.95. The number of aromatic nitrogens is 2. The van der Waals surface area contributed by atoms with Crippen molar-refractivity contribution in [3.8, 4) is 28.3 Å². The Morgan fingerprint density at radius 2 is 1.56 bits per heavy atom. The second-order valence-corrected chi connectivity index (χ2v) is 9.61. The van der Waals surface area contributed by atoms with Gasteiger partial charge in [-0.1, -0.05) is 30.3 Å². The molecule has 41 heavy (non-hydrogen) atoms. The Morgan fingerprint density at radius 3 is 2.15 bits per heavy atom. The van der Waals surface area contributed by atoms with Crippen molar-refractivity contribution < 1.29 is 19.0 Å². The summed E-state index contributed by atoms with van der Waals surface area (Å²) in [5.74, 6) is 0.512. The van der Waals surface area contributed by atoms with Gasteiger partial charge in [0.25, 0.3) is 5.56 Å². The van der Waals surface area contributed by atoms with Gasteiger partial charge < -0.3 is 19.9 Å². The number of carbonyl (C=O) groups is 1. The maximum Gasteiger partial charge on any atom is 0.355 e. The summed E-state index contributed by atoms with van der Waals surface area (Å²) in [5, 5.41) is 1.05. The maximum atomic E-state index is 14.3. The minimum absolute atomic E-state index is 0.0935. The molecule has 0 amide bonds. The number of ether oxygens (including phenoxy) is 3. The molecule has 5 rings (SSSR count). The molecule has 0 saturated carbocycles. The molecular formula is C33H31N3O5. The molecule has 0 spiro atoms. The number of esters is 1. The molecule has 0 fully saturated rings. The van der Waals surface area contributed by atoms with E-state index in [1.54, 1.807) is 32.5 Å². The van der Waals surface area contributed by atoms with Crippen molar-refractivity contribution in [2.75, 3.05) is 21.3 Å². The molecule has 2 aromatic heterocycles. The van der Waals surface area contributed by atoms with E-state index in [0.29, 0.717) is 52.1 Å². The molecular weight excluding hydrogens is 518 g/mol. The van der Waals surface area contributed by atoms with Crippen LogP contribution >= 0.6 is 0 Å². The first kappa shape index (κ1) is 27.6. The highest BCUT2D eigenvalue weighted by atomic mass is 16.5. The average Bonchev–Trinajstić information content (AvgIpc) is 3.01. The summed E-state index contributed by atoms with van der Waals surface area (Å²) in [6.07, 6.45) is 2.29. The summed E-state index contributed by atoms with van der Waals surface area (Å²) < 4.78 is 18.0. The molecule has 3 aromatic carbocycles. The van der Waals surface area contributed by atoms with E-state index in [4.69, 9.17) is 19.9 Å². The topological polar surface area (TPSA) is 106 Å². The molecule has 5 aromatic rings. The Kier molecular flexibility index (Phi) is 7.85. The van der Waals surface area contributed by atoms with Gasteiger partial charge in [-0.15, -0.1) is 0 Å². The van der Waals surface area contributed by atoms with E-state index in [-0.39, 0.29) is 11.3 Å². The van der Waals surface area contributed by atoms with E-state index < -0.39 is 5.97 Å². The molecule has 0 saturated heterocycles. The number of nitrogens with zero attached hydrogens (tertiary/aromatic N) is 2. The number of fused-ring (bicyclic) bond motifs is 1. The van der Waals surface area contributed by atoms with E-state index in [2.05, 4.69) is 4.98 Å². The Morgan fingerprint density at radius 1 is 0.878 bits per heavy atom. The van der Waals surface area contributed by atoms with Crippen LogP contribution in [0.25, 0.3) is 27.6 Å². The zero-order chi connectivity index (χ0) is 29.1. The summed E-state index contributed by atoms with van der Waals surface area (Å²) >= 11 is 0. The monoisotopic (exact) mass is 549 g/mol. The summed E-state index contributed by atoms with van der Waals surface area (Å²) in [6, 6.07) is 22.3. The lowest BCUT2D eigenvalue weighted by molar-refractivity contribution is 0.0591. The largest absolute Gasteiger partial charge is 0.496 e. The highest BCUT2D eigenvalue weighted by Gasteiger charge is 2.26. The molecule has 0 radical (unpaired) electrons. The molecule has 0 atom stereocenters.